The Labute approximate surface area is 124 Å². The van der Waals surface area contributed by atoms with E-state index in [1.807, 2.05) is 4.90 Å². The van der Waals surface area contributed by atoms with E-state index in [0.717, 1.165) is 19.6 Å². The van der Waals surface area contributed by atoms with E-state index in [2.05, 4.69) is 54.2 Å². The maximum absolute atomic E-state index is 5.96. The number of rotatable bonds is 7. The highest BCUT2D eigenvalue weighted by Crippen LogP contribution is 2.21. The Morgan fingerprint density at radius 1 is 1.21 bits per heavy atom. The van der Waals surface area contributed by atoms with Gasteiger partial charge in [0.25, 0.3) is 0 Å². The van der Waals surface area contributed by atoms with E-state index in [0.29, 0.717) is 11.9 Å². The number of hydrogen-bond donors (Lipinski definition) is 1. The van der Waals surface area contributed by atoms with E-state index in [4.69, 9.17) is 11.6 Å². The van der Waals surface area contributed by atoms with Crippen molar-refractivity contribution in [3.05, 3.63) is 5.28 Å². The van der Waals surface area contributed by atoms with Crippen molar-refractivity contribution in [2.45, 2.75) is 32.4 Å². The minimum absolute atomic E-state index is 0.120. The Kier molecular flexibility index (Phi) is 6.13. The lowest BCUT2D eigenvalue weighted by atomic mass is 10.2. The minimum Gasteiger partial charge on any atom is -0.353 e. The third kappa shape index (κ3) is 5.03. The Bertz CT molecular complexity index is 409. The van der Waals surface area contributed by atoms with Crippen molar-refractivity contribution in [2.24, 2.45) is 0 Å². The SMILES string of the molecule is CCN(CC)c1nc(Cl)nc(NCC(C)(C)SC)n1. The van der Waals surface area contributed by atoms with Gasteiger partial charge in [-0.2, -0.15) is 26.7 Å². The van der Waals surface area contributed by atoms with Gasteiger partial charge in [-0.1, -0.05) is 0 Å². The Morgan fingerprint density at radius 2 is 1.84 bits per heavy atom. The number of halogens is 1. The molecule has 0 aliphatic carbocycles. The van der Waals surface area contributed by atoms with Gasteiger partial charge in [0, 0.05) is 24.4 Å². The molecule has 1 rings (SSSR count). The molecule has 1 aromatic rings. The van der Waals surface area contributed by atoms with Crippen LogP contribution in [0, 0.1) is 0 Å². The largest absolute Gasteiger partial charge is 0.353 e. The molecule has 0 atom stereocenters. The Balaban J connectivity index is 2.85. The van der Waals surface area contributed by atoms with Gasteiger partial charge in [-0.25, -0.2) is 0 Å². The molecule has 0 saturated carbocycles. The molecule has 0 bridgehead atoms. The first-order chi connectivity index (χ1) is 8.91. The quantitative estimate of drug-likeness (QED) is 0.836. The van der Waals surface area contributed by atoms with E-state index < -0.39 is 0 Å². The van der Waals surface area contributed by atoms with Crippen LogP contribution in [0.2, 0.25) is 5.28 Å². The van der Waals surface area contributed by atoms with Crippen LogP contribution in [0.4, 0.5) is 11.9 Å². The van der Waals surface area contributed by atoms with Gasteiger partial charge in [0.15, 0.2) is 0 Å². The lowest BCUT2D eigenvalue weighted by Gasteiger charge is -2.23. The summed E-state index contributed by atoms with van der Waals surface area (Å²) in [5, 5.41) is 3.45. The van der Waals surface area contributed by atoms with Crippen LogP contribution in [0.1, 0.15) is 27.7 Å². The predicted octanol–water partition coefficient (Wildman–Crippen LogP) is 2.92. The first kappa shape index (κ1) is 16.3. The van der Waals surface area contributed by atoms with Crippen molar-refractivity contribution in [1.82, 2.24) is 15.0 Å². The van der Waals surface area contributed by atoms with E-state index in [1.165, 1.54) is 0 Å². The zero-order valence-electron chi connectivity index (χ0n) is 12.2. The van der Waals surface area contributed by atoms with E-state index in [1.54, 1.807) is 11.8 Å². The lowest BCUT2D eigenvalue weighted by molar-refractivity contribution is 0.742. The van der Waals surface area contributed by atoms with Gasteiger partial charge >= 0.3 is 0 Å². The van der Waals surface area contributed by atoms with Crippen LogP contribution in [-0.2, 0) is 0 Å². The molecule has 0 unspecified atom stereocenters. The van der Waals surface area contributed by atoms with E-state index in [-0.39, 0.29) is 10.0 Å². The average Bonchev–Trinajstić information content (AvgIpc) is 2.37. The molecule has 0 fully saturated rings. The normalized spacial score (nSPS) is 11.5. The molecule has 5 nitrogen and oxygen atoms in total. The third-order valence-corrected chi connectivity index (χ3v) is 4.29. The predicted molar refractivity (Wildman–Crippen MR) is 84.5 cm³/mol. The highest BCUT2D eigenvalue weighted by Gasteiger charge is 2.17. The molecule has 19 heavy (non-hydrogen) atoms. The Morgan fingerprint density at radius 3 is 2.37 bits per heavy atom. The summed E-state index contributed by atoms with van der Waals surface area (Å²) in [7, 11) is 0. The lowest BCUT2D eigenvalue weighted by Crippen LogP contribution is -2.28. The summed E-state index contributed by atoms with van der Waals surface area (Å²) in [5.41, 5.74) is 0. The van der Waals surface area contributed by atoms with Crippen LogP contribution < -0.4 is 10.2 Å². The summed E-state index contributed by atoms with van der Waals surface area (Å²) in [6, 6.07) is 0. The minimum atomic E-state index is 0.120. The van der Waals surface area contributed by atoms with Crippen LogP contribution in [-0.4, -0.2) is 45.6 Å². The second-order valence-corrected chi connectivity index (χ2v) is 6.57. The number of nitrogens with zero attached hydrogens (tertiary/aromatic N) is 4. The Hall–Kier alpha value is -0.750. The molecular formula is C12H22ClN5S. The fourth-order valence-electron chi connectivity index (χ4n) is 1.43. The fourth-order valence-corrected chi connectivity index (χ4v) is 1.80. The number of anilines is 2. The number of hydrogen-bond acceptors (Lipinski definition) is 6. The molecule has 0 spiro atoms. The molecule has 1 N–H and O–H groups in total. The van der Waals surface area contributed by atoms with Crippen molar-refractivity contribution in [3.63, 3.8) is 0 Å². The van der Waals surface area contributed by atoms with Gasteiger partial charge in [0.1, 0.15) is 0 Å². The molecule has 0 amide bonds. The zero-order valence-corrected chi connectivity index (χ0v) is 13.8. The summed E-state index contributed by atoms with van der Waals surface area (Å²) < 4.78 is 0.120. The van der Waals surface area contributed by atoms with Crippen molar-refractivity contribution < 1.29 is 0 Å². The summed E-state index contributed by atoms with van der Waals surface area (Å²) in [4.78, 5) is 14.7. The second-order valence-electron chi connectivity index (χ2n) is 4.72. The molecule has 1 heterocycles. The molecule has 7 heteroatoms. The summed E-state index contributed by atoms with van der Waals surface area (Å²) in [6.07, 6.45) is 2.09. The van der Waals surface area contributed by atoms with Crippen LogP contribution in [0.5, 0.6) is 0 Å². The first-order valence-corrected chi connectivity index (χ1v) is 7.97. The molecule has 0 aromatic carbocycles. The second kappa shape index (κ2) is 7.14. The van der Waals surface area contributed by atoms with Crippen LogP contribution in [0.15, 0.2) is 0 Å². The topological polar surface area (TPSA) is 53.9 Å². The summed E-state index contributed by atoms with van der Waals surface area (Å²) in [6.45, 7) is 10.9. The van der Waals surface area contributed by atoms with E-state index in [9.17, 15) is 0 Å². The monoisotopic (exact) mass is 303 g/mol. The summed E-state index contributed by atoms with van der Waals surface area (Å²) in [5.74, 6) is 1.15. The smallest absolute Gasteiger partial charge is 0.231 e. The molecular weight excluding hydrogens is 282 g/mol. The molecule has 0 saturated heterocycles. The number of thioether (sulfide) groups is 1. The third-order valence-electron chi connectivity index (χ3n) is 2.87. The molecule has 108 valence electrons. The van der Waals surface area contributed by atoms with E-state index >= 15 is 0 Å². The van der Waals surface area contributed by atoms with Crippen LogP contribution in [0.25, 0.3) is 0 Å². The van der Waals surface area contributed by atoms with Crippen LogP contribution in [0.3, 0.4) is 0 Å². The number of aromatic nitrogens is 3. The highest BCUT2D eigenvalue weighted by molar-refractivity contribution is 7.99. The van der Waals surface area contributed by atoms with Gasteiger partial charge in [0.2, 0.25) is 17.2 Å². The van der Waals surface area contributed by atoms with Crippen molar-refractivity contribution >= 4 is 35.3 Å². The highest BCUT2D eigenvalue weighted by atomic mass is 35.5. The average molecular weight is 304 g/mol. The van der Waals surface area contributed by atoms with Gasteiger partial charge < -0.3 is 10.2 Å². The first-order valence-electron chi connectivity index (χ1n) is 6.37. The van der Waals surface area contributed by atoms with Gasteiger partial charge in [-0.05, 0) is 45.6 Å². The maximum Gasteiger partial charge on any atom is 0.231 e. The standard InChI is InChI=1S/C12H22ClN5S/c1-6-18(7-2)11-16-9(13)15-10(17-11)14-8-12(3,4)19-5/h6-8H2,1-5H3,(H,14,15,16,17). The van der Waals surface area contributed by atoms with Gasteiger partial charge in [0.05, 0.1) is 0 Å². The van der Waals surface area contributed by atoms with Crippen molar-refractivity contribution in [2.75, 3.05) is 36.1 Å². The molecule has 0 radical (unpaired) electrons. The van der Waals surface area contributed by atoms with Gasteiger partial charge in [-0.15, -0.1) is 0 Å². The van der Waals surface area contributed by atoms with Crippen LogP contribution >= 0.6 is 23.4 Å². The van der Waals surface area contributed by atoms with Gasteiger partial charge in [-0.3, -0.25) is 0 Å². The summed E-state index contributed by atoms with van der Waals surface area (Å²) >= 11 is 7.75. The number of nitrogens with one attached hydrogen (secondary N) is 1. The zero-order chi connectivity index (χ0) is 14.5. The maximum atomic E-state index is 5.96. The molecule has 0 aliphatic rings. The fraction of sp³-hybridized carbons (Fsp3) is 0.750. The molecule has 1 aromatic heterocycles. The van der Waals surface area contributed by atoms with Crippen molar-refractivity contribution in [1.29, 1.82) is 0 Å². The molecule has 0 aliphatic heterocycles. The van der Waals surface area contributed by atoms with Crippen molar-refractivity contribution in [3.8, 4) is 0 Å².